The predicted molar refractivity (Wildman–Crippen MR) is 81.2 cm³/mol. The van der Waals surface area contributed by atoms with Gasteiger partial charge in [-0.3, -0.25) is 4.79 Å². The number of halogens is 2. The predicted octanol–water partition coefficient (Wildman–Crippen LogP) is 2.13. The third-order valence-electron chi connectivity index (χ3n) is 3.22. The number of nitrogens with one attached hydrogen (secondary N) is 1. The van der Waals surface area contributed by atoms with Crippen molar-refractivity contribution in [3.05, 3.63) is 47.1 Å². The molecule has 22 heavy (non-hydrogen) atoms. The molecule has 0 spiro atoms. The smallest absolute Gasteiger partial charge is 0.271 e. The van der Waals surface area contributed by atoms with E-state index in [1.54, 1.807) is 12.1 Å². The van der Waals surface area contributed by atoms with Gasteiger partial charge in [0.05, 0.1) is 27.5 Å². The summed E-state index contributed by atoms with van der Waals surface area (Å²) in [6.45, 7) is 0. The fourth-order valence-electron chi connectivity index (χ4n) is 2.12. The van der Waals surface area contributed by atoms with Crippen molar-refractivity contribution < 1.29 is 9.18 Å². The molecule has 2 aromatic heterocycles. The molecule has 0 aliphatic carbocycles. The number of hydrogen-bond donors (Lipinski definition) is 2. The maximum absolute atomic E-state index is 14.0. The Morgan fingerprint density at radius 2 is 2.14 bits per heavy atom. The Balaban J connectivity index is 2.19. The van der Waals surface area contributed by atoms with E-state index in [-0.39, 0.29) is 27.9 Å². The maximum Gasteiger partial charge on any atom is 0.271 e. The Kier molecular flexibility index (Phi) is 3.42. The van der Waals surface area contributed by atoms with Crippen LogP contribution in [0.4, 0.5) is 10.1 Å². The quantitative estimate of drug-likeness (QED) is 0.709. The van der Waals surface area contributed by atoms with Gasteiger partial charge in [-0.2, -0.15) is 5.10 Å². The minimum Gasteiger partial charge on any atom is -0.398 e. The van der Waals surface area contributed by atoms with E-state index >= 15 is 0 Å². The number of rotatable bonds is 2. The molecular formula is C14H11ClFN5O. The van der Waals surface area contributed by atoms with E-state index in [1.807, 2.05) is 0 Å². The summed E-state index contributed by atoms with van der Waals surface area (Å²) in [6, 6.07) is 5.80. The van der Waals surface area contributed by atoms with Crippen LogP contribution in [0.15, 0.2) is 30.6 Å². The van der Waals surface area contributed by atoms with Crippen molar-refractivity contribution >= 4 is 28.7 Å². The maximum atomic E-state index is 14.0. The fourth-order valence-corrected chi connectivity index (χ4v) is 2.37. The summed E-state index contributed by atoms with van der Waals surface area (Å²) >= 11 is 6.07. The van der Waals surface area contributed by atoms with Crippen molar-refractivity contribution in [1.29, 1.82) is 0 Å². The van der Waals surface area contributed by atoms with Gasteiger partial charge in [0.1, 0.15) is 12.1 Å². The molecule has 2 heterocycles. The zero-order chi connectivity index (χ0) is 15.9. The lowest BCUT2D eigenvalue weighted by Gasteiger charge is -2.08. The monoisotopic (exact) mass is 319 g/mol. The first kappa shape index (κ1) is 14.3. The molecule has 0 bridgehead atoms. The van der Waals surface area contributed by atoms with E-state index < -0.39 is 5.82 Å². The number of carbonyl (C=O) groups excluding carboxylic acids is 1. The largest absolute Gasteiger partial charge is 0.398 e. The molecular weight excluding hydrogens is 309 g/mol. The lowest BCUT2D eigenvalue weighted by atomic mass is 10.1. The van der Waals surface area contributed by atoms with Crippen LogP contribution in [0.1, 0.15) is 10.5 Å². The molecule has 3 rings (SSSR count). The Bertz CT molecular complexity index is 892. The molecule has 8 heteroatoms. The molecule has 0 fully saturated rings. The van der Waals surface area contributed by atoms with Gasteiger partial charge in [-0.1, -0.05) is 11.6 Å². The molecule has 1 aromatic carbocycles. The Morgan fingerprint density at radius 3 is 2.86 bits per heavy atom. The lowest BCUT2D eigenvalue weighted by Crippen LogP contribution is -2.18. The summed E-state index contributed by atoms with van der Waals surface area (Å²) in [5.41, 5.74) is 7.11. The highest BCUT2D eigenvalue weighted by Gasteiger charge is 2.17. The van der Waals surface area contributed by atoms with E-state index in [0.29, 0.717) is 11.2 Å². The third-order valence-corrected chi connectivity index (χ3v) is 3.63. The van der Waals surface area contributed by atoms with Crippen molar-refractivity contribution in [3.8, 4) is 11.3 Å². The molecule has 0 atom stereocenters. The van der Waals surface area contributed by atoms with Crippen LogP contribution >= 0.6 is 11.6 Å². The van der Waals surface area contributed by atoms with Crippen LogP contribution in [0.3, 0.4) is 0 Å². The normalized spacial score (nSPS) is 10.9. The van der Waals surface area contributed by atoms with E-state index in [0.717, 1.165) is 0 Å². The number of amides is 1. The van der Waals surface area contributed by atoms with Crippen LogP contribution in [-0.2, 0) is 0 Å². The molecule has 0 saturated heterocycles. The highest BCUT2D eigenvalue weighted by Crippen LogP contribution is 2.33. The second kappa shape index (κ2) is 5.27. The number of benzene rings is 1. The second-order valence-corrected chi connectivity index (χ2v) is 4.92. The molecule has 6 nitrogen and oxygen atoms in total. The number of fused-ring (bicyclic) bond motifs is 1. The highest BCUT2D eigenvalue weighted by molar-refractivity contribution is 6.35. The molecule has 112 valence electrons. The van der Waals surface area contributed by atoms with Gasteiger partial charge in [0, 0.05) is 7.05 Å². The van der Waals surface area contributed by atoms with Gasteiger partial charge < -0.3 is 11.1 Å². The molecule has 0 unspecified atom stereocenters. The molecule has 0 aliphatic heterocycles. The number of imidazole rings is 1. The van der Waals surface area contributed by atoms with E-state index in [2.05, 4.69) is 15.4 Å². The minimum absolute atomic E-state index is 0.0958. The molecule has 0 aliphatic rings. The molecule has 1 amide bonds. The summed E-state index contributed by atoms with van der Waals surface area (Å²) in [7, 11) is 1.51. The lowest BCUT2D eigenvalue weighted by molar-refractivity contribution is 0.0960. The zero-order valence-electron chi connectivity index (χ0n) is 11.5. The topological polar surface area (TPSA) is 85.3 Å². The summed E-state index contributed by atoms with van der Waals surface area (Å²) in [5, 5.41) is 6.83. The van der Waals surface area contributed by atoms with Crippen molar-refractivity contribution in [1.82, 2.24) is 19.9 Å². The Labute approximate surface area is 129 Å². The average molecular weight is 320 g/mol. The van der Waals surface area contributed by atoms with Gasteiger partial charge in [-0.15, -0.1) is 0 Å². The van der Waals surface area contributed by atoms with Crippen LogP contribution in [0, 0.1) is 5.82 Å². The van der Waals surface area contributed by atoms with Crippen LogP contribution < -0.4 is 11.1 Å². The van der Waals surface area contributed by atoms with Crippen molar-refractivity contribution in [3.63, 3.8) is 0 Å². The number of nitrogen functional groups attached to an aromatic ring is 1. The number of nitrogens with two attached hydrogens (primary N) is 1. The average Bonchev–Trinajstić information content (AvgIpc) is 2.94. The first-order valence-electron chi connectivity index (χ1n) is 6.33. The van der Waals surface area contributed by atoms with Gasteiger partial charge >= 0.3 is 0 Å². The molecule has 0 saturated carbocycles. The van der Waals surface area contributed by atoms with Gasteiger partial charge in [-0.25, -0.2) is 13.9 Å². The summed E-state index contributed by atoms with van der Waals surface area (Å²) in [5.74, 6) is -0.858. The second-order valence-electron chi connectivity index (χ2n) is 4.55. The van der Waals surface area contributed by atoms with E-state index in [1.165, 1.54) is 30.0 Å². The SMILES string of the molecule is CNC(=O)c1ncn2nc(-c3c(F)ccc(N)c3Cl)ccc12. The summed E-state index contributed by atoms with van der Waals surface area (Å²) in [6.07, 6.45) is 1.38. The van der Waals surface area contributed by atoms with Crippen LogP contribution in [0.25, 0.3) is 16.8 Å². The zero-order valence-corrected chi connectivity index (χ0v) is 12.2. The van der Waals surface area contributed by atoms with E-state index in [9.17, 15) is 9.18 Å². The van der Waals surface area contributed by atoms with Crippen molar-refractivity contribution in [2.45, 2.75) is 0 Å². The number of aromatic nitrogens is 3. The van der Waals surface area contributed by atoms with Crippen LogP contribution in [0.2, 0.25) is 5.02 Å². The van der Waals surface area contributed by atoms with Gasteiger partial charge in [0.2, 0.25) is 0 Å². The van der Waals surface area contributed by atoms with E-state index in [4.69, 9.17) is 17.3 Å². The highest BCUT2D eigenvalue weighted by atomic mass is 35.5. The van der Waals surface area contributed by atoms with Gasteiger partial charge in [-0.05, 0) is 24.3 Å². The first-order valence-corrected chi connectivity index (χ1v) is 6.71. The summed E-state index contributed by atoms with van der Waals surface area (Å²) < 4.78 is 15.4. The number of hydrogen-bond acceptors (Lipinski definition) is 4. The van der Waals surface area contributed by atoms with Crippen molar-refractivity contribution in [2.24, 2.45) is 0 Å². The number of anilines is 1. The number of nitrogens with zero attached hydrogens (tertiary/aromatic N) is 3. The Morgan fingerprint density at radius 1 is 1.36 bits per heavy atom. The number of carbonyl (C=O) groups is 1. The minimum atomic E-state index is -0.530. The molecule has 0 radical (unpaired) electrons. The van der Waals surface area contributed by atoms with Gasteiger partial charge in [0.25, 0.3) is 5.91 Å². The summed E-state index contributed by atoms with van der Waals surface area (Å²) in [4.78, 5) is 15.7. The third kappa shape index (κ3) is 2.15. The van der Waals surface area contributed by atoms with Crippen LogP contribution in [0.5, 0.6) is 0 Å². The molecule has 3 aromatic rings. The Hall–Kier alpha value is -2.67. The van der Waals surface area contributed by atoms with Crippen LogP contribution in [-0.4, -0.2) is 27.6 Å². The first-order chi connectivity index (χ1) is 10.5. The molecule has 3 N–H and O–H groups in total. The van der Waals surface area contributed by atoms with Gasteiger partial charge in [0.15, 0.2) is 5.69 Å². The fraction of sp³-hybridized carbons (Fsp3) is 0.0714. The standard InChI is InChI=1S/C14H11ClFN5O/c1-18-14(22)13-10-5-4-9(20-21(10)6-19-13)11-7(16)2-3-8(17)12(11)15/h2-6H,17H2,1H3,(H,18,22). The van der Waals surface area contributed by atoms with Crippen molar-refractivity contribution in [2.75, 3.05) is 12.8 Å².